The molecule has 1 saturated carbocycles. The lowest BCUT2D eigenvalue weighted by Gasteiger charge is -2.30. The van der Waals surface area contributed by atoms with E-state index in [9.17, 15) is 4.79 Å². The van der Waals surface area contributed by atoms with Gasteiger partial charge in [0.1, 0.15) is 12.4 Å². The van der Waals surface area contributed by atoms with E-state index in [1.807, 2.05) is 0 Å². The van der Waals surface area contributed by atoms with Gasteiger partial charge in [-0.3, -0.25) is 4.79 Å². The minimum absolute atomic E-state index is 0. The lowest BCUT2D eigenvalue weighted by molar-refractivity contribution is 0.0871. The van der Waals surface area contributed by atoms with E-state index in [4.69, 9.17) is 14.9 Å². The van der Waals surface area contributed by atoms with Crippen molar-refractivity contribution in [2.75, 3.05) is 13.7 Å². The maximum Gasteiger partial charge on any atom is 0.287 e. The van der Waals surface area contributed by atoms with Gasteiger partial charge in [0, 0.05) is 13.2 Å². The number of halogens is 1. The van der Waals surface area contributed by atoms with E-state index in [2.05, 4.69) is 5.32 Å². The van der Waals surface area contributed by atoms with Gasteiger partial charge in [-0.25, -0.2) is 0 Å². The molecule has 1 amide bonds. The third-order valence-corrected chi connectivity index (χ3v) is 3.70. The summed E-state index contributed by atoms with van der Waals surface area (Å²) in [6, 6.07) is 3.62. The maximum absolute atomic E-state index is 12.1. The van der Waals surface area contributed by atoms with Crippen molar-refractivity contribution >= 4 is 18.3 Å². The van der Waals surface area contributed by atoms with Crippen molar-refractivity contribution < 1.29 is 13.9 Å². The molecule has 2 atom stereocenters. The molecule has 1 aliphatic carbocycles. The lowest BCUT2D eigenvalue weighted by Crippen LogP contribution is -2.44. The van der Waals surface area contributed by atoms with Gasteiger partial charge in [-0.2, -0.15) is 0 Å². The number of methoxy groups -OCH3 is 1. The van der Waals surface area contributed by atoms with Crippen molar-refractivity contribution in [3.8, 4) is 0 Å². The van der Waals surface area contributed by atoms with Crippen molar-refractivity contribution in [1.82, 2.24) is 5.32 Å². The highest BCUT2D eigenvalue weighted by molar-refractivity contribution is 5.91. The van der Waals surface area contributed by atoms with Gasteiger partial charge in [0.25, 0.3) is 5.91 Å². The average molecular weight is 303 g/mol. The van der Waals surface area contributed by atoms with Gasteiger partial charge in [0.05, 0.1) is 0 Å². The summed E-state index contributed by atoms with van der Waals surface area (Å²) >= 11 is 0. The number of hydrogen-bond acceptors (Lipinski definition) is 4. The van der Waals surface area contributed by atoms with Crippen molar-refractivity contribution in [1.29, 1.82) is 0 Å². The summed E-state index contributed by atoms with van der Waals surface area (Å²) in [4.78, 5) is 12.1. The average Bonchev–Trinajstić information content (AvgIpc) is 2.88. The zero-order valence-corrected chi connectivity index (χ0v) is 12.6. The molecule has 0 spiro atoms. The topological polar surface area (TPSA) is 77.5 Å². The van der Waals surface area contributed by atoms with Crippen LogP contribution in [0.5, 0.6) is 0 Å². The number of furan rings is 1. The van der Waals surface area contributed by atoms with Crippen LogP contribution in [0.3, 0.4) is 0 Å². The number of ether oxygens (including phenoxy) is 1. The molecule has 3 N–H and O–H groups in total. The molecule has 2 rings (SSSR count). The molecule has 1 aliphatic rings. The summed E-state index contributed by atoms with van der Waals surface area (Å²) < 4.78 is 10.4. The second kappa shape index (κ2) is 8.29. The van der Waals surface area contributed by atoms with Crippen LogP contribution in [0.25, 0.3) is 0 Å². The minimum Gasteiger partial charge on any atom is -0.453 e. The Bertz CT molecular complexity index is 422. The number of hydrogen-bond donors (Lipinski definition) is 2. The Hall–Kier alpha value is -1.04. The smallest absolute Gasteiger partial charge is 0.287 e. The first kappa shape index (κ1) is 17.0. The highest BCUT2D eigenvalue weighted by Gasteiger charge is 2.26. The molecule has 1 heterocycles. The molecule has 1 fully saturated rings. The lowest BCUT2D eigenvalue weighted by atomic mass is 9.84. The zero-order valence-electron chi connectivity index (χ0n) is 11.8. The fourth-order valence-electron chi connectivity index (χ4n) is 2.64. The fraction of sp³-hybridized carbons (Fsp3) is 0.643. The first-order valence-corrected chi connectivity index (χ1v) is 6.83. The van der Waals surface area contributed by atoms with E-state index in [0.717, 1.165) is 19.3 Å². The zero-order chi connectivity index (χ0) is 13.7. The molecule has 2 unspecified atom stereocenters. The highest BCUT2D eigenvalue weighted by atomic mass is 35.5. The van der Waals surface area contributed by atoms with E-state index < -0.39 is 0 Å². The van der Waals surface area contributed by atoms with Crippen molar-refractivity contribution in [2.24, 2.45) is 11.7 Å². The summed E-state index contributed by atoms with van der Waals surface area (Å²) in [5, 5.41) is 3.04. The first-order valence-electron chi connectivity index (χ1n) is 6.83. The van der Waals surface area contributed by atoms with Gasteiger partial charge in [-0.15, -0.1) is 12.4 Å². The van der Waals surface area contributed by atoms with Gasteiger partial charge >= 0.3 is 0 Å². The van der Waals surface area contributed by atoms with E-state index in [1.165, 1.54) is 6.42 Å². The number of carbonyl (C=O) groups is 1. The number of nitrogens with one attached hydrogen (secondary N) is 1. The van der Waals surface area contributed by atoms with Crippen LogP contribution in [0.15, 0.2) is 16.5 Å². The molecular weight excluding hydrogens is 280 g/mol. The highest BCUT2D eigenvalue weighted by Crippen LogP contribution is 2.24. The largest absolute Gasteiger partial charge is 0.453 e. The molecule has 6 heteroatoms. The van der Waals surface area contributed by atoms with Crippen molar-refractivity contribution in [2.45, 2.75) is 38.3 Å². The third kappa shape index (κ3) is 4.23. The quantitative estimate of drug-likeness (QED) is 0.873. The normalized spacial score (nSPS) is 22.1. The Labute approximate surface area is 125 Å². The molecule has 5 nitrogen and oxygen atoms in total. The SMILES string of the molecule is COCc1ccc(C(=O)NC2CCCCC2CN)o1.Cl. The van der Waals surface area contributed by atoms with Gasteiger partial charge in [-0.05, 0) is 37.4 Å². The second-order valence-electron chi connectivity index (χ2n) is 5.06. The molecule has 0 aromatic carbocycles. The molecule has 1 aromatic rings. The summed E-state index contributed by atoms with van der Waals surface area (Å²) in [6.07, 6.45) is 4.44. The monoisotopic (exact) mass is 302 g/mol. The second-order valence-corrected chi connectivity index (χ2v) is 5.06. The van der Waals surface area contributed by atoms with Crippen LogP contribution in [0.1, 0.15) is 42.0 Å². The molecule has 0 saturated heterocycles. The predicted octanol–water partition coefficient (Wildman–Crippen LogP) is 2.10. The molecule has 0 aliphatic heterocycles. The number of rotatable bonds is 5. The van der Waals surface area contributed by atoms with E-state index in [0.29, 0.717) is 30.6 Å². The number of amides is 1. The van der Waals surface area contributed by atoms with E-state index in [-0.39, 0.29) is 24.4 Å². The summed E-state index contributed by atoms with van der Waals surface area (Å²) in [5.41, 5.74) is 5.76. The Morgan fingerprint density at radius 3 is 2.90 bits per heavy atom. The molecule has 0 radical (unpaired) electrons. The molecule has 114 valence electrons. The van der Waals surface area contributed by atoms with Crippen LogP contribution in [-0.2, 0) is 11.3 Å². The third-order valence-electron chi connectivity index (χ3n) is 3.70. The van der Waals surface area contributed by atoms with Gasteiger partial charge in [0.15, 0.2) is 5.76 Å². The maximum atomic E-state index is 12.1. The Kier molecular flexibility index (Phi) is 7.05. The molecule has 0 bridgehead atoms. The van der Waals surface area contributed by atoms with Crippen molar-refractivity contribution in [3.63, 3.8) is 0 Å². The Morgan fingerprint density at radius 1 is 1.45 bits per heavy atom. The minimum atomic E-state index is -0.160. The molecular formula is C14H23ClN2O3. The fourth-order valence-corrected chi connectivity index (χ4v) is 2.64. The van der Waals surface area contributed by atoms with Gasteiger partial charge in [0.2, 0.25) is 0 Å². The van der Waals surface area contributed by atoms with Crippen LogP contribution < -0.4 is 11.1 Å². The summed E-state index contributed by atoms with van der Waals surface area (Å²) in [6.45, 7) is 1.00. The van der Waals surface area contributed by atoms with E-state index in [1.54, 1.807) is 19.2 Å². The first-order chi connectivity index (χ1) is 9.24. The van der Waals surface area contributed by atoms with Crippen molar-refractivity contribution in [3.05, 3.63) is 23.7 Å². The van der Waals surface area contributed by atoms with Crippen LogP contribution >= 0.6 is 12.4 Å². The van der Waals surface area contributed by atoms with Crippen LogP contribution in [0.4, 0.5) is 0 Å². The van der Waals surface area contributed by atoms with Crippen LogP contribution in [-0.4, -0.2) is 25.6 Å². The number of nitrogens with two attached hydrogens (primary N) is 1. The number of carbonyl (C=O) groups excluding carboxylic acids is 1. The van der Waals surface area contributed by atoms with E-state index >= 15 is 0 Å². The van der Waals surface area contributed by atoms with Gasteiger partial charge < -0.3 is 20.2 Å². The predicted molar refractivity (Wildman–Crippen MR) is 78.9 cm³/mol. The van der Waals surface area contributed by atoms with Crippen LogP contribution in [0.2, 0.25) is 0 Å². The summed E-state index contributed by atoms with van der Waals surface area (Å²) in [5.74, 6) is 1.22. The summed E-state index contributed by atoms with van der Waals surface area (Å²) in [7, 11) is 1.59. The molecule has 20 heavy (non-hydrogen) atoms. The van der Waals surface area contributed by atoms with Gasteiger partial charge in [-0.1, -0.05) is 12.8 Å². The standard InChI is InChI=1S/C14H22N2O3.ClH/c1-18-9-11-6-7-13(19-11)14(17)16-12-5-3-2-4-10(12)8-15;/h6-7,10,12H,2-5,8-9,15H2,1H3,(H,16,17);1H. The van der Waals surface area contributed by atoms with Crippen LogP contribution in [0, 0.1) is 5.92 Å². The Morgan fingerprint density at radius 2 is 2.20 bits per heavy atom. The Balaban J connectivity index is 0.00000200. The molecule has 1 aromatic heterocycles.